The molecule has 0 aromatic carbocycles. The second kappa shape index (κ2) is 5.38. The molecular weight excluding hydrogens is 220 g/mol. The van der Waals surface area contributed by atoms with Gasteiger partial charge in [0.1, 0.15) is 0 Å². The molecule has 0 fully saturated rings. The fourth-order valence-corrected chi connectivity index (χ4v) is 1.20. The van der Waals surface area contributed by atoms with Crippen LogP contribution in [0.25, 0.3) is 0 Å². The van der Waals surface area contributed by atoms with Gasteiger partial charge in [-0.3, -0.25) is 4.79 Å². The van der Waals surface area contributed by atoms with Crippen molar-refractivity contribution in [3.63, 3.8) is 0 Å². The Labute approximate surface area is 103 Å². The normalized spacial score (nSPS) is 13.8. The lowest BCUT2D eigenvalue weighted by Gasteiger charge is -2.30. The van der Waals surface area contributed by atoms with Crippen molar-refractivity contribution in [2.24, 2.45) is 5.41 Å². The highest BCUT2D eigenvalue weighted by Gasteiger charge is 2.34. The zero-order valence-electron chi connectivity index (χ0n) is 11.8. The van der Waals surface area contributed by atoms with Crippen molar-refractivity contribution in [2.75, 3.05) is 7.05 Å². The third-order valence-electron chi connectivity index (χ3n) is 1.97. The van der Waals surface area contributed by atoms with E-state index in [0.29, 0.717) is 0 Å². The Morgan fingerprint density at radius 3 is 1.82 bits per heavy atom. The summed E-state index contributed by atoms with van der Waals surface area (Å²) in [6.07, 6.45) is -1.39. The number of ether oxygens (including phenoxy) is 1. The summed E-state index contributed by atoms with van der Waals surface area (Å²) in [6, 6.07) is 0. The van der Waals surface area contributed by atoms with Gasteiger partial charge in [0.2, 0.25) is 0 Å². The Balaban J connectivity index is 4.67. The maximum atomic E-state index is 11.6. The highest BCUT2D eigenvalue weighted by atomic mass is 16.6. The van der Waals surface area contributed by atoms with Crippen molar-refractivity contribution in [1.29, 1.82) is 0 Å². The van der Waals surface area contributed by atoms with E-state index >= 15 is 0 Å². The Kier molecular flexibility index (Phi) is 4.98. The fraction of sp³-hybridized carbons (Fsp3) is 0.833. The third-order valence-corrected chi connectivity index (χ3v) is 1.97. The van der Waals surface area contributed by atoms with Crippen LogP contribution in [0, 0.1) is 5.41 Å². The van der Waals surface area contributed by atoms with Crippen molar-refractivity contribution >= 4 is 12.0 Å². The lowest BCUT2D eigenvalue weighted by Crippen LogP contribution is -2.49. The number of hydrogen-bond acceptors (Lipinski definition) is 3. The van der Waals surface area contributed by atoms with E-state index in [-0.39, 0.29) is 11.4 Å². The molecule has 0 heterocycles. The largest absolute Gasteiger partial charge is 0.436 e. The Morgan fingerprint density at radius 2 is 1.53 bits per heavy atom. The van der Waals surface area contributed by atoms with Crippen LogP contribution in [-0.4, -0.2) is 30.7 Å². The zero-order chi connectivity index (χ0) is 13.9. The number of likely N-dealkylation sites (N-methyl/N-ethyl adjacent to an activating group) is 1. The summed E-state index contributed by atoms with van der Waals surface area (Å²) < 4.78 is 5.18. The van der Waals surface area contributed by atoms with Crippen LogP contribution in [0.5, 0.6) is 0 Å². The quantitative estimate of drug-likeness (QED) is 0.776. The van der Waals surface area contributed by atoms with E-state index in [1.165, 1.54) is 7.05 Å². The summed E-state index contributed by atoms with van der Waals surface area (Å²) in [4.78, 5) is 23.3. The molecular formula is C12H24N2O3. The molecule has 0 saturated heterocycles. The summed E-state index contributed by atoms with van der Waals surface area (Å²) in [5.41, 5.74) is -0.836. The molecule has 17 heavy (non-hydrogen) atoms. The van der Waals surface area contributed by atoms with E-state index in [0.717, 1.165) is 0 Å². The Morgan fingerprint density at radius 1 is 1.06 bits per heavy atom. The van der Waals surface area contributed by atoms with Crippen molar-refractivity contribution in [3.8, 4) is 0 Å². The van der Waals surface area contributed by atoms with Gasteiger partial charge < -0.3 is 15.4 Å². The first-order chi connectivity index (χ1) is 7.47. The van der Waals surface area contributed by atoms with E-state index in [1.807, 2.05) is 41.5 Å². The molecule has 0 rings (SSSR count). The first-order valence-corrected chi connectivity index (χ1v) is 5.68. The molecule has 2 N–H and O–H groups in total. The first-order valence-electron chi connectivity index (χ1n) is 5.68. The van der Waals surface area contributed by atoms with Gasteiger partial charge in [0, 0.05) is 18.0 Å². The molecule has 0 unspecified atom stereocenters. The van der Waals surface area contributed by atoms with Gasteiger partial charge in [-0.2, -0.15) is 0 Å². The van der Waals surface area contributed by atoms with E-state index in [4.69, 9.17) is 4.74 Å². The smallest absolute Gasteiger partial charge is 0.408 e. The summed E-state index contributed by atoms with van der Waals surface area (Å²) in [6.45, 7) is 11.1. The van der Waals surface area contributed by atoms with Crippen LogP contribution in [0.4, 0.5) is 4.79 Å². The topological polar surface area (TPSA) is 67.4 Å². The molecule has 2 amide bonds. The van der Waals surface area contributed by atoms with E-state index < -0.39 is 17.6 Å². The van der Waals surface area contributed by atoms with E-state index in [9.17, 15) is 9.59 Å². The van der Waals surface area contributed by atoms with Crippen LogP contribution >= 0.6 is 0 Å². The van der Waals surface area contributed by atoms with E-state index in [1.54, 1.807) is 0 Å². The number of carbonyl (C=O) groups excluding carboxylic acids is 2. The minimum absolute atomic E-state index is 0.304. The lowest BCUT2D eigenvalue weighted by molar-refractivity contribution is -0.134. The SMILES string of the molecule is CNC(=O)[C@H](OC(=O)NC(C)(C)C)C(C)(C)C. The summed E-state index contributed by atoms with van der Waals surface area (Å²) in [7, 11) is 1.52. The lowest BCUT2D eigenvalue weighted by atomic mass is 9.88. The maximum absolute atomic E-state index is 11.6. The van der Waals surface area contributed by atoms with Gasteiger partial charge in [0.15, 0.2) is 6.10 Å². The Hall–Kier alpha value is -1.26. The standard InChI is InChI=1S/C12H24N2O3/c1-11(2,3)8(9(15)13-7)17-10(16)14-12(4,5)6/h8H,1-7H3,(H,13,15)(H,14,16)/t8-/m0/s1. The van der Waals surface area contributed by atoms with Crippen LogP contribution in [0.15, 0.2) is 0 Å². The molecule has 0 aromatic rings. The minimum Gasteiger partial charge on any atom is -0.436 e. The monoisotopic (exact) mass is 244 g/mol. The number of nitrogens with one attached hydrogen (secondary N) is 2. The highest BCUT2D eigenvalue weighted by Crippen LogP contribution is 2.22. The predicted octanol–water partition coefficient (Wildman–Crippen LogP) is 1.67. The second-order valence-electron chi connectivity index (χ2n) is 6.14. The molecule has 0 aliphatic heterocycles. The molecule has 5 nitrogen and oxygen atoms in total. The molecule has 0 aromatic heterocycles. The summed E-state index contributed by atoms with van der Waals surface area (Å²) in [5, 5.41) is 5.16. The average Bonchev–Trinajstić information content (AvgIpc) is 2.08. The summed E-state index contributed by atoms with van der Waals surface area (Å²) >= 11 is 0. The highest BCUT2D eigenvalue weighted by molar-refractivity contribution is 5.84. The van der Waals surface area contributed by atoms with Crippen LogP contribution in [-0.2, 0) is 9.53 Å². The number of carbonyl (C=O) groups is 2. The van der Waals surface area contributed by atoms with Crippen LogP contribution in [0.1, 0.15) is 41.5 Å². The average molecular weight is 244 g/mol. The van der Waals surface area contributed by atoms with Crippen molar-refractivity contribution in [1.82, 2.24) is 10.6 Å². The number of alkyl carbamates (subject to hydrolysis) is 1. The zero-order valence-corrected chi connectivity index (χ0v) is 11.8. The third kappa shape index (κ3) is 6.14. The van der Waals surface area contributed by atoms with Crippen molar-refractivity contribution < 1.29 is 14.3 Å². The van der Waals surface area contributed by atoms with E-state index in [2.05, 4.69) is 10.6 Å². The van der Waals surface area contributed by atoms with Gasteiger partial charge in [-0.25, -0.2) is 4.79 Å². The van der Waals surface area contributed by atoms with Gasteiger partial charge in [-0.05, 0) is 20.8 Å². The molecule has 1 atom stereocenters. The van der Waals surface area contributed by atoms with Gasteiger partial charge in [-0.15, -0.1) is 0 Å². The predicted molar refractivity (Wildman–Crippen MR) is 66.7 cm³/mol. The van der Waals surface area contributed by atoms with Crippen LogP contribution in [0.2, 0.25) is 0 Å². The molecule has 0 bridgehead atoms. The maximum Gasteiger partial charge on any atom is 0.408 e. The molecule has 100 valence electrons. The molecule has 0 saturated carbocycles. The van der Waals surface area contributed by atoms with Gasteiger partial charge in [-0.1, -0.05) is 20.8 Å². The molecule has 0 radical (unpaired) electrons. The molecule has 0 aliphatic carbocycles. The minimum atomic E-state index is -0.810. The van der Waals surface area contributed by atoms with Crippen LogP contribution < -0.4 is 10.6 Å². The molecule has 0 aliphatic rings. The number of rotatable bonds is 2. The Bertz CT molecular complexity index is 287. The molecule has 5 heteroatoms. The van der Waals surface area contributed by atoms with Gasteiger partial charge >= 0.3 is 6.09 Å². The number of amides is 2. The van der Waals surface area contributed by atoms with Gasteiger partial charge in [0.05, 0.1) is 0 Å². The molecule has 0 spiro atoms. The second-order valence-corrected chi connectivity index (χ2v) is 6.14. The summed E-state index contributed by atoms with van der Waals surface area (Å²) in [5.74, 6) is -0.304. The van der Waals surface area contributed by atoms with Crippen LogP contribution in [0.3, 0.4) is 0 Å². The van der Waals surface area contributed by atoms with Gasteiger partial charge in [0.25, 0.3) is 5.91 Å². The number of hydrogen-bond donors (Lipinski definition) is 2. The van der Waals surface area contributed by atoms with Crippen molar-refractivity contribution in [3.05, 3.63) is 0 Å². The first kappa shape index (κ1) is 15.7. The fourth-order valence-electron chi connectivity index (χ4n) is 1.20. The van der Waals surface area contributed by atoms with Crippen molar-refractivity contribution in [2.45, 2.75) is 53.2 Å².